The van der Waals surface area contributed by atoms with E-state index in [0.717, 1.165) is 35.9 Å². The maximum absolute atomic E-state index is 13.7. The van der Waals surface area contributed by atoms with Crippen LogP contribution in [0, 0.1) is 5.92 Å². The number of pyridine rings is 2. The van der Waals surface area contributed by atoms with Gasteiger partial charge in [0.15, 0.2) is 28.4 Å². The van der Waals surface area contributed by atoms with Crippen LogP contribution in [0.15, 0.2) is 105 Å². The van der Waals surface area contributed by atoms with Gasteiger partial charge in [0.25, 0.3) is 17.7 Å². The highest BCUT2D eigenvalue weighted by molar-refractivity contribution is 7.84. The molecular formula is C39H38N8O15S2. The van der Waals surface area contributed by atoms with Crippen molar-refractivity contribution in [3.8, 4) is 11.5 Å². The predicted octanol–water partition coefficient (Wildman–Crippen LogP) is 0.987. The number of oxime groups is 1. The van der Waals surface area contributed by atoms with Crippen molar-refractivity contribution in [3.63, 3.8) is 0 Å². The first-order valence-electron chi connectivity index (χ1n) is 18.7. The van der Waals surface area contributed by atoms with Gasteiger partial charge in [-0.2, -0.15) is 17.9 Å². The smallest absolute Gasteiger partial charge is 0.362 e. The Balaban J connectivity index is 1.13. The van der Waals surface area contributed by atoms with E-state index in [9.17, 15) is 57.3 Å². The molecule has 3 aromatic heterocycles. The number of amides is 3. The van der Waals surface area contributed by atoms with Crippen molar-refractivity contribution >= 4 is 56.2 Å². The monoisotopic (exact) mass is 922 g/mol. The second-order valence-electron chi connectivity index (χ2n) is 14.1. The lowest BCUT2D eigenvalue weighted by molar-refractivity contribution is -0.154. The summed E-state index contributed by atoms with van der Waals surface area (Å²) in [6, 6.07) is 15.9. The van der Waals surface area contributed by atoms with Crippen molar-refractivity contribution in [1.82, 2.24) is 29.4 Å². The molecule has 25 heteroatoms. The number of rotatable bonds is 17. The van der Waals surface area contributed by atoms with Gasteiger partial charge in [-0.15, -0.1) is 11.3 Å². The summed E-state index contributed by atoms with van der Waals surface area (Å²) in [6.45, 7) is 1.33. The summed E-state index contributed by atoms with van der Waals surface area (Å²) in [5.41, 5.74) is 3.86. The van der Waals surface area contributed by atoms with Gasteiger partial charge < -0.3 is 46.2 Å². The van der Waals surface area contributed by atoms with Crippen molar-refractivity contribution in [1.29, 1.82) is 0 Å². The fourth-order valence-corrected chi connectivity index (χ4v) is 7.66. The van der Waals surface area contributed by atoms with Crippen molar-refractivity contribution in [2.24, 2.45) is 11.1 Å². The van der Waals surface area contributed by atoms with Gasteiger partial charge >= 0.3 is 16.3 Å². The molecule has 0 spiro atoms. The van der Waals surface area contributed by atoms with Crippen LogP contribution in [-0.2, 0) is 34.3 Å². The van der Waals surface area contributed by atoms with Crippen LogP contribution >= 0.6 is 11.3 Å². The van der Waals surface area contributed by atoms with Crippen molar-refractivity contribution < 1.29 is 62.0 Å². The van der Waals surface area contributed by atoms with E-state index in [4.69, 9.17) is 20.0 Å². The normalized spacial score (nSPS) is 15.6. The molecule has 1 fully saturated rings. The highest BCUT2D eigenvalue weighted by Gasteiger charge is 2.55. The Labute approximate surface area is 365 Å². The number of esters is 1. The molecule has 64 heavy (non-hydrogen) atoms. The van der Waals surface area contributed by atoms with E-state index < -0.39 is 105 Å². The molecule has 1 aliphatic rings. The molecule has 0 radical (unpaired) electrons. The van der Waals surface area contributed by atoms with Crippen LogP contribution < -0.4 is 32.0 Å². The molecule has 2 aromatic carbocycles. The topological polar surface area (TPSA) is 334 Å². The number of nitrogens with one attached hydrogen (secondary N) is 2. The second kappa shape index (κ2) is 19.1. The molecule has 0 saturated carbocycles. The molecule has 1 aliphatic heterocycles. The van der Waals surface area contributed by atoms with Crippen LogP contribution in [0.2, 0.25) is 0 Å². The molecule has 5 aromatic rings. The molecule has 3 amide bonds. The molecule has 23 nitrogen and oxygen atoms in total. The summed E-state index contributed by atoms with van der Waals surface area (Å²) in [4.78, 5) is 87.2. The second-order valence-corrected chi connectivity index (χ2v) is 16.3. The summed E-state index contributed by atoms with van der Waals surface area (Å²) < 4.78 is 45.8. The molecule has 1 saturated heterocycles. The number of hydrogen-bond donors (Lipinski definition) is 7. The summed E-state index contributed by atoms with van der Waals surface area (Å²) in [7, 11) is -5.29. The van der Waals surface area contributed by atoms with Crippen LogP contribution in [0.1, 0.15) is 59.1 Å². The third kappa shape index (κ3) is 10.3. The fraction of sp³-hybridized carbons (Fsp3) is 0.231. The summed E-state index contributed by atoms with van der Waals surface area (Å²) in [6.07, 6.45) is -0.416. The van der Waals surface area contributed by atoms with Crippen LogP contribution in [0.3, 0.4) is 0 Å². The van der Waals surface area contributed by atoms with Crippen LogP contribution in [0.25, 0.3) is 0 Å². The number of aromatic hydroxyl groups is 1. The minimum atomic E-state index is -5.29. The fourth-order valence-electron chi connectivity index (χ4n) is 6.25. The van der Waals surface area contributed by atoms with E-state index in [-0.39, 0.29) is 26.6 Å². The number of nitrogen functional groups attached to an aromatic ring is 1. The Kier molecular flexibility index (Phi) is 13.6. The van der Waals surface area contributed by atoms with Gasteiger partial charge in [-0.1, -0.05) is 79.7 Å². The standard InChI is InChI=1S/C39H38N8O15S2/c1-20(2)34(24-13-27(48)29(50)16-45(24)55)62-44-32(23-19-63-39(40)42-23)37(53)43-33-26(47(38(33)54)64(57,58)59)18-60-31(51)15-41-36(52)25-14-28(49)30(17-46(25)56)61-35(21-9-5-3-6-10-21)22-11-7-4-8-12-22/h3-14,16-17,19-20,26,33-35,50,55-56H,15,18H2,1-2H3,(H2,40,42)(H,41,52)(H,43,53)(H,57,58,59)/b44-32-/t26-,33+,34?/m1/s1. The zero-order valence-corrected chi connectivity index (χ0v) is 35.0. The van der Waals surface area contributed by atoms with E-state index in [1.165, 1.54) is 5.38 Å². The lowest BCUT2D eigenvalue weighted by Gasteiger charge is -2.43. The molecule has 0 bridgehead atoms. The molecule has 3 atom stereocenters. The average Bonchev–Trinajstić information content (AvgIpc) is 3.68. The molecule has 4 heterocycles. The van der Waals surface area contributed by atoms with E-state index in [1.54, 1.807) is 74.5 Å². The Morgan fingerprint density at radius 3 is 2.17 bits per heavy atom. The van der Waals surface area contributed by atoms with Crippen LogP contribution in [0.4, 0.5) is 5.13 Å². The SMILES string of the molecule is CC(C)C(O/N=C(\C(=O)N[C@@H]1C(=O)N(S(=O)(=O)O)[C@@H]1COC(=O)CNC(=O)c1cc(=O)c(OC(c2ccccc2)c2ccccc2)cn1O)c1csc(N)n1)c1cc(=O)c(O)cn1O. The van der Waals surface area contributed by atoms with Gasteiger partial charge in [0, 0.05) is 17.5 Å². The lowest BCUT2D eigenvalue weighted by atomic mass is 9.99. The maximum atomic E-state index is 13.7. The van der Waals surface area contributed by atoms with Gasteiger partial charge in [0.1, 0.15) is 48.4 Å². The Morgan fingerprint density at radius 1 is 0.953 bits per heavy atom. The maximum Gasteiger partial charge on any atom is 0.362 e. The van der Waals surface area contributed by atoms with E-state index in [0.29, 0.717) is 20.6 Å². The van der Waals surface area contributed by atoms with Crippen LogP contribution in [0.5, 0.6) is 11.5 Å². The first kappa shape index (κ1) is 45.7. The number of nitrogens with two attached hydrogens (primary N) is 1. The molecule has 0 aliphatic carbocycles. The molecule has 1 unspecified atom stereocenters. The van der Waals surface area contributed by atoms with Gasteiger partial charge in [0.2, 0.25) is 10.9 Å². The number of anilines is 1. The van der Waals surface area contributed by atoms with E-state index >= 15 is 0 Å². The summed E-state index contributed by atoms with van der Waals surface area (Å²) >= 11 is 0.881. The minimum absolute atomic E-state index is 0.0306. The average molecular weight is 923 g/mol. The number of carbonyl (C=O) groups is 4. The Morgan fingerprint density at radius 2 is 1.59 bits per heavy atom. The molecule has 6 rings (SSSR count). The van der Waals surface area contributed by atoms with Gasteiger partial charge in [0.05, 0.1) is 12.4 Å². The minimum Gasteiger partial charge on any atom is -0.503 e. The first-order chi connectivity index (χ1) is 30.3. The number of ether oxygens (including phenoxy) is 2. The van der Waals surface area contributed by atoms with Gasteiger partial charge in [-0.25, -0.2) is 9.29 Å². The van der Waals surface area contributed by atoms with Crippen molar-refractivity contribution in [3.05, 3.63) is 139 Å². The quantitative estimate of drug-likeness (QED) is 0.0171. The number of β-lactam (4-membered cyclic amide) rings is 1. The number of hydrogen-bond acceptors (Lipinski definition) is 18. The number of aromatic nitrogens is 3. The zero-order valence-electron chi connectivity index (χ0n) is 33.4. The van der Waals surface area contributed by atoms with Crippen LogP contribution in [-0.4, -0.2) is 102 Å². The zero-order chi connectivity index (χ0) is 46.5. The molecular weight excluding hydrogens is 885 g/mol. The third-order valence-electron chi connectivity index (χ3n) is 9.37. The molecule has 336 valence electrons. The number of thiazole rings is 1. The lowest BCUT2D eigenvalue weighted by Crippen LogP contribution is -2.73. The van der Waals surface area contributed by atoms with Gasteiger partial charge in [-0.3, -0.25) is 33.3 Å². The number of benzene rings is 2. The number of carbonyl (C=O) groups excluding carboxylic acids is 4. The van der Waals surface area contributed by atoms with Crippen molar-refractivity contribution in [2.45, 2.75) is 38.1 Å². The summed E-state index contributed by atoms with van der Waals surface area (Å²) in [5, 5.41) is 40.2. The van der Waals surface area contributed by atoms with E-state index in [1.807, 2.05) is 0 Å². The summed E-state index contributed by atoms with van der Waals surface area (Å²) in [5.74, 6) is -6.54. The largest absolute Gasteiger partial charge is 0.503 e. The number of nitrogens with zero attached hydrogens (tertiary/aromatic N) is 5. The highest BCUT2D eigenvalue weighted by atomic mass is 32.2. The molecule has 8 N–H and O–H groups in total. The van der Waals surface area contributed by atoms with E-state index in [2.05, 4.69) is 20.8 Å². The Bertz CT molecular complexity index is 2790. The van der Waals surface area contributed by atoms with Gasteiger partial charge in [-0.05, 0) is 17.0 Å². The third-order valence-corrected chi connectivity index (χ3v) is 11.0. The first-order valence-corrected chi connectivity index (χ1v) is 21.0. The van der Waals surface area contributed by atoms with Crippen molar-refractivity contribution in [2.75, 3.05) is 18.9 Å². The highest BCUT2D eigenvalue weighted by Crippen LogP contribution is 2.29. The Hall–Kier alpha value is -7.77. The predicted molar refractivity (Wildman–Crippen MR) is 222 cm³/mol.